The van der Waals surface area contributed by atoms with Gasteiger partial charge in [0.2, 0.25) is 5.91 Å². The van der Waals surface area contributed by atoms with Gasteiger partial charge in [-0.1, -0.05) is 24.3 Å². The molecular formula is C13H20N2O2. The molecule has 1 aromatic carbocycles. The van der Waals surface area contributed by atoms with Crippen LogP contribution in [0.2, 0.25) is 0 Å². The Morgan fingerprint density at radius 2 is 2.12 bits per heavy atom. The summed E-state index contributed by atoms with van der Waals surface area (Å²) in [4.78, 5) is 11.4. The molecule has 1 amide bonds. The molecule has 0 aliphatic heterocycles. The fraction of sp³-hybridized carbons (Fsp3) is 0.462. The number of hydrogen-bond donors (Lipinski definition) is 2. The summed E-state index contributed by atoms with van der Waals surface area (Å²) in [5.41, 5.74) is 7.66. The van der Waals surface area contributed by atoms with Crippen molar-refractivity contribution in [1.29, 1.82) is 0 Å². The first-order valence-electron chi connectivity index (χ1n) is 5.78. The Kier molecular flexibility index (Phi) is 5.66. The average molecular weight is 236 g/mol. The molecule has 0 unspecified atom stereocenters. The van der Waals surface area contributed by atoms with Gasteiger partial charge in [0, 0.05) is 13.1 Å². The molecule has 0 atom stereocenters. The summed E-state index contributed by atoms with van der Waals surface area (Å²) in [6.45, 7) is 4.93. The van der Waals surface area contributed by atoms with Crippen molar-refractivity contribution in [3.63, 3.8) is 0 Å². The van der Waals surface area contributed by atoms with Gasteiger partial charge in [-0.25, -0.2) is 0 Å². The molecule has 0 radical (unpaired) electrons. The Morgan fingerprint density at radius 1 is 1.41 bits per heavy atom. The van der Waals surface area contributed by atoms with Crippen LogP contribution in [0.5, 0.6) is 0 Å². The van der Waals surface area contributed by atoms with E-state index >= 15 is 0 Å². The first kappa shape index (κ1) is 13.7. The standard InChI is InChI=1S/C13H20N2O2/c1-10(2)17-9-13(16)15-8-12-5-3-4-11(6-12)7-14/h3-6,10H,7-9,14H2,1-2H3,(H,15,16). The molecule has 17 heavy (non-hydrogen) atoms. The number of amides is 1. The third-order valence-electron chi connectivity index (χ3n) is 2.26. The Labute approximate surface area is 102 Å². The van der Waals surface area contributed by atoms with Crippen molar-refractivity contribution in [2.24, 2.45) is 5.73 Å². The molecule has 1 rings (SSSR count). The molecule has 3 N–H and O–H groups in total. The molecule has 0 aromatic heterocycles. The van der Waals surface area contributed by atoms with Gasteiger partial charge in [0.1, 0.15) is 6.61 Å². The molecule has 1 aromatic rings. The molecule has 0 fully saturated rings. The van der Waals surface area contributed by atoms with Gasteiger partial charge in [-0.15, -0.1) is 0 Å². The van der Waals surface area contributed by atoms with E-state index in [1.807, 2.05) is 38.1 Å². The topological polar surface area (TPSA) is 64.3 Å². The second-order valence-electron chi connectivity index (χ2n) is 4.16. The van der Waals surface area contributed by atoms with Crippen LogP contribution in [0.3, 0.4) is 0 Å². The minimum absolute atomic E-state index is 0.0707. The largest absolute Gasteiger partial charge is 0.369 e. The maximum Gasteiger partial charge on any atom is 0.246 e. The van der Waals surface area contributed by atoms with E-state index in [4.69, 9.17) is 10.5 Å². The zero-order valence-electron chi connectivity index (χ0n) is 10.4. The summed E-state index contributed by atoms with van der Waals surface area (Å²) >= 11 is 0. The lowest BCUT2D eigenvalue weighted by molar-refractivity contribution is -0.127. The Morgan fingerprint density at radius 3 is 2.76 bits per heavy atom. The molecule has 94 valence electrons. The van der Waals surface area contributed by atoms with Crippen LogP contribution in [0, 0.1) is 0 Å². The fourth-order valence-electron chi connectivity index (χ4n) is 1.36. The molecule has 0 saturated heterocycles. The normalized spacial score (nSPS) is 10.6. The summed E-state index contributed by atoms with van der Waals surface area (Å²) in [6, 6.07) is 7.85. The van der Waals surface area contributed by atoms with E-state index in [1.165, 1.54) is 0 Å². The van der Waals surface area contributed by atoms with Crippen molar-refractivity contribution >= 4 is 5.91 Å². The Hall–Kier alpha value is -1.39. The molecule has 4 heteroatoms. The Balaban J connectivity index is 2.36. The van der Waals surface area contributed by atoms with Crippen LogP contribution in [0.15, 0.2) is 24.3 Å². The monoisotopic (exact) mass is 236 g/mol. The lowest BCUT2D eigenvalue weighted by Gasteiger charge is -2.09. The van der Waals surface area contributed by atoms with Gasteiger partial charge in [-0.2, -0.15) is 0 Å². The number of carbonyl (C=O) groups excluding carboxylic acids is 1. The van der Waals surface area contributed by atoms with Crippen LogP contribution in [-0.4, -0.2) is 18.6 Å². The predicted octanol–water partition coefficient (Wildman–Crippen LogP) is 1.19. The van der Waals surface area contributed by atoms with Crippen LogP contribution in [0.4, 0.5) is 0 Å². The van der Waals surface area contributed by atoms with Crippen LogP contribution in [0.25, 0.3) is 0 Å². The molecule has 0 heterocycles. The maximum absolute atomic E-state index is 11.4. The van der Waals surface area contributed by atoms with Crippen LogP contribution >= 0.6 is 0 Å². The Bertz CT molecular complexity index is 364. The summed E-state index contributed by atoms with van der Waals surface area (Å²) < 4.78 is 5.20. The van der Waals surface area contributed by atoms with Crippen LogP contribution in [-0.2, 0) is 22.6 Å². The number of nitrogens with two attached hydrogens (primary N) is 1. The first-order valence-corrected chi connectivity index (χ1v) is 5.78. The van der Waals surface area contributed by atoms with Gasteiger partial charge in [-0.3, -0.25) is 4.79 Å². The number of nitrogens with one attached hydrogen (secondary N) is 1. The van der Waals surface area contributed by atoms with Crippen molar-refractivity contribution in [2.75, 3.05) is 6.61 Å². The quantitative estimate of drug-likeness (QED) is 0.779. The predicted molar refractivity (Wildman–Crippen MR) is 67.3 cm³/mol. The first-order chi connectivity index (χ1) is 8.11. The highest BCUT2D eigenvalue weighted by molar-refractivity contribution is 5.77. The van der Waals surface area contributed by atoms with Crippen molar-refractivity contribution < 1.29 is 9.53 Å². The van der Waals surface area contributed by atoms with Crippen LogP contribution < -0.4 is 11.1 Å². The number of ether oxygens (including phenoxy) is 1. The summed E-state index contributed by atoms with van der Waals surface area (Å²) in [7, 11) is 0. The smallest absolute Gasteiger partial charge is 0.246 e. The molecule has 0 aliphatic rings. The number of hydrogen-bond acceptors (Lipinski definition) is 3. The summed E-state index contributed by atoms with van der Waals surface area (Å²) in [5, 5.41) is 2.80. The fourth-order valence-corrected chi connectivity index (χ4v) is 1.36. The van der Waals surface area contributed by atoms with Gasteiger partial charge in [0.15, 0.2) is 0 Å². The highest BCUT2D eigenvalue weighted by Gasteiger charge is 2.03. The minimum Gasteiger partial charge on any atom is -0.369 e. The highest BCUT2D eigenvalue weighted by Crippen LogP contribution is 2.04. The maximum atomic E-state index is 11.4. The van der Waals surface area contributed by atoms with Gasteiger partial charge in [-0.05, 0) is 25.0 Å². The molecule has 0 spiro atoms. The molecular weight excluding hydrogens is 216 g/mol. The molecule has 4 nitrogen and oxygen atoms in total. The number of carbonyl (C=O) groups is 1. The van der Waals surface area contributed by atoms with Crippen LogP contribution in [0.1, 0.15) is 25.0 Å². The van der Waals surface area contributed by atoms with E-state index < -0.39 is 0 Å². The number of rotatable bonds is 6. The number of benzene rings is 1. The second kappa shape index (κ2) is 7.04. The zero-order chi connectivity index (χ0) is 12.7. The lowest BCUT2D eigenvalue weighted by Crippen LogP contribution is -2.28. The lowest BCUT2D eigenvalue weighted by atomic mass is 10.1. The zero-order valence-corrected chi connectivity index (χ0v) is 10.4. The van der Waals surface area contributed by atoms with E-state index in [9.17, 15) is 4.79 Å². The van der Waals surface area contributed by atoms with Crippen molar-refractivity contribution in [2.45, 2.75) is 33.0 Å². The van der Waals surface area contributed by atoms with Gasteiger partial charge in [0.25, 0.3) is 0 Å². The van der Waals surface area contributed by atoms with E-state index in [0.29, 0.717) is 13.1 Å². The third-order valence-corrected chi connectivity index (χ3v) is 2.26. The van der Waals surface area contributed by atoms with E-state index in [1.54, 1.807) is 0 Å². The van der Waals surface area contributed by atoms with Gasteiger partial charge >= 0.3 is 0 Å². The van der Waals surface area contributed by atoms with Crippen molar-refractivity contribution in [1.82, 2.24) is 5.32 Å². The highest BCUT2D eigenvalue weighted by atomic mass is 16.5. The molecule has 0 bridgehead atoms. The SMILES string of the molecule is CC(C)OCC(=O)NCc1cccc(CN)c1. The second-order valence-corrected chi connectivity index (χ2v) is 4.16. The van der Waals surface area contributed by atoms with E-state index in [-0.39, 0.29) is 18.6 Å². The van der Waals surface area contributed by atoms with E-state index in [0.717, 1.165) is 11.1 Å². The average Bonchev–Trinajstić information content (AvgIpc) is 2.34. The third kappa shape index (κ3) is 5.47. The summed E-state index contributed by atoms with van der Waals surface area (Å²) in [6.07, 6.45) is 0.0707. The van der Waals surface area contributed by atoms with Crippen molar-refractivity contribution in [3.8, 4) is 0 Å². The van der Waals surface area contributed by atoms with E-state index in [2.05, 4.69) is 5.32 Å². The van der Waals surface area contributed by atoms with Crippen molar-refractivity contribution in [3.05, 3.63) is 35.4 Å². The summed E-state index contributed by atoms with van der Waals surface area (Å²) in [5.74, 6) is -0.100. The molecule has 0 aliphatic carbocycles. The van der Waals surface area contributed by atoms with Gasteiger partial charge < -0.3 is 15.8 Å². The minimum atomic E-state index is -0.100. The molecule has 0 saturated carbocycles. The van der Waals surface area contributed by atoms with Gasteiger partial charge in [0.05, 0.1) is 6.10 Å².